The maximum Gasteiger partial charge on any atom is 0.330 e. The average Bonchev–Trinajstić information content (AvgIpc) is 3.29. The van der Waals surface area contributed by atoms with Gasteiger partial charge in [-0.3, -0.25) is 0 Å². The molecule has 24 atom stereocenters. The van der Waals surface area contributed by atoms with E-state index in [1.54, 1.807) is 6.08 Å². The van der Waals surface area contributed by atoms with E-state index in [9.17, 15) is 66.1 Å². The van der Waals surface area contributed by atoms with Crippen LogP contribution in [0.25, 0.3) is 0 Å². The van der Waals surface area contributed by atoms with Gasteiger partial charge in [-0.1, -0.05) is 6.08 Å². The maximum atomic E-state index is 12.7. The van der Waals surface area contributed by atoms with Gasteiger partial charge in [0.15, 0.2) is 25.0 Å². The third-order valence-corrected chi connectivity index (χ3v) is 14.6. The van der Waals surface area contributed by atoms with E-state index in [1.165, 1.54) is 20.1 Å². The Balaban J connectivity index is 1.02. The fourth-order valence-electron chi connectivity index (χ4n) is 10.6. The second-order valence-corrected chi connectivity index (χ2v) is 19.0. The lowest BCUT2D eigenvalue weighted by molar-refractivity contribution is -0.351. The van der Waals surface area contributed by atoms with E-state index in [-0.39, 0.29) is 37.2 Å². The summed E-state index contributed by atoms with van der Waals surface area (Å²) in [6.07, 6.45) is -21.9. The molecule has 374 valence electrons. The zero-order chi connectivity index (χ0) is 46.9. The SMILES string of the molecule is COC1CC(C2OC3CC(O)CC(OC4OC(CO)C(O)C(O)C4O)C3CC2OC2OC(COC3OC(C)C(OC(=O)C=CC4CCC(O)CC4)C(O)C3O)C(O)C(O)C2O)CCC1O. The molecule has 7 rings (SSSR count). The Morgan fingerprint density at radius 1 is 0.615 bits per heavy atom. The van der Waals surface area contributed by atoms with Crippen LogP contribution in [0.15, 0.2) is 12.2 Å². The summed E-state index contributed by atoms with van der Waals surface area (Å²) in [5, 5.41) is 128. The highest BCUT2D eigenvalue weighted by Gasteiger charge is 2.55. The van der Waals surface area contributed by atoms with Crippen LogP contribution in [-0.4, -0.2) is 229 Å². The largest absolute Gasteiger partial charge is 0.454 e. The Morgan fingerprint density at radius 3 is 1.91 bits per heavy atom. The van der Waals surface area contributed by atoms with Gasteiger partial charge in [0.1, 0.15) is 61.0 Å². The van der Waals surface area contributed by atoms with Crippen molar-refractivity contribution in [1.82, 2.24) is 0 Å². The third-order valence-electron chi connectivity index (χ3n) is 14.6. The summed E-state index contributed by atoms with van der Waals surface area (Å²) in [5.74, 6) is -1.51. The molecule has 4 heterocycles. The van der Waals surface area contributed by atoms with E-state index in [2.05, 4.69) is 0 Å². The second-order valence-electron chi connectivity index (χ2n) is 19.0. The molecule has 22 heteroatoms. The minimum atomic E-state index is -1.83. The molecule has 0 aromatic carbocycles. The number of fused-ring (bicyclic) bond motifs is 1. The number of hydrogen-bond acceptors (Lipinski definition) is 22. The fourth-order valence-corrected chi connectivity index (χ4v) is 10.6. The van der Waals surface area contributed by atoms with Crippen LogP contribution in [0.3, 0.4) is 0 Å². The zero-order valence-electron chi connectivity index (χ0n) is 36.6. The molecule has 0 aromatic heterocycles. The molecule has 24 unspecified atom stereocenters. The number of methoxy groups -OCH3 is 1. The van der Waals surface area contributed by atoms with Gasteiger partial charge in [-0.05, 0) is 76.5 Å². The van der Waals surface area contributed by atoms with Gasteiger partial charge in [0.2, 0.25) is 0 Å². The van der Waals surface area contributed by atoms with Crippen molar-refractivity contribution in [2.45, 2.75) is 212 Å². The predicted molar refractivity (Wildman–Crippen MR) is 216 cm³/mol. The van der Waals surface area contributed by atoms with Gasteiger partial charge in [0.25, 0.3) is 0 Å². The fraction of sp³-hybridized carbons (Fsp3) is 0.930. The first-order valence-electron chi connectivity index (χ1n) is 23.0. The molecule has 3 aliphatic carbocycles. The molecule has 0 aromatic rings. The van der Waals surface area contributed by atoms with Crippen molar-refractivity contribution in [2.75, 3.05) is 20.3 Å². The normalized spacial score (nSPS) is 51.0. The van der Waals surface area contributed by atoms with Crippen LogP contribution < -0.4 is 0 Å². The number of ether oxygens (including phenoxy) is 9. The monoisotopic (exact) mass is 938 g/mol. The Hall–Kier alpha value is -1.59. The Morgan fingerprint density at radius 2 is 1.25 bits per heavy atom. The third kappa shape index (κ3) is 11.7. The lowest BCUT2D eigenvalue weighted by atomic mass is 9.72. The first-order chi connectivity index (χ1) is 31.0. The number of carbonyl (C=O) groups is 1. The molecule has 7 aliphatic rings. The quantitative estimate of drug-likeness (QED) is 0.0618. The molecule has 7 fully saturated rings. The van der Waals surface area contributed by atoms with Crippen molar-refractivity contribution >= 4 is 5.97 Å². The Bertz CT molecular complexity index is 1530. The van der Waals surface area contributed by atoms with Gasteiger partial charge in [-0.2, -0.15) is 0 Å². The van der Waals surface area contributed by atoms with E-state index in [1.807, 2.05) is 0 Å². The molecule has 0 radical (unpaired) electrons. The first-order valence-corrected chi connectivity index (χ1v) is 23.0. The number of esters is 1. The molecular formula is C43H70O22. The van der Waals surface area contributed by atoms with Gasteiger partial charge in [-0.25, -0.2) is 4.79 Å². The van der Waals surface area contributed by atoms with E-state index >= 15 is 0 Å². The minimum absolute atomic E-state index is 0.0423. The van der Waals surface area contributed by atoms with Crippen LogP contribution in [0.5, 0.6) is 0 Å². The molecule has 0 amide bonds. The van der Waals surface area contributed by atoms with Gasteiger partial charge >= 0.3 is 5.97 Å². The lowest BCUT2D eigenvalue weighted by Gasteiger charge is -2.52. The first kappa shape index (κ1) is 51.3. The summed E-state index contributed by atoms with van der Waals surface area (Å²) in [6, 6.07) is 0. The van der Waals surface area contributed by atoms with Gasteiger partial charge < -0.3 is 104 Å². The smallest absolute Gasteiger partial charge is 0.330 e. The Kier molecular flexibility index (Phi) is 17.7. The number of allylic oxidation sites excluding steroid dienone is 1. The molecule has 0 spiro atoms. The molecule has 22 nitrogen and oxygen atoms in total. The summed E-state index contributed by atoms with van der Waals surface area (Å²) in [4.78, 5) is 12.7. The molecular weight excluding hydrogens is 868 g/mol. The van der Waals surface area contributed by atoms with Crippen molar-refractivity contribution in [2.24, 2.45) is 17.8 Å². The Labute approximate surface area is 376 Å². The molecule has 65 heavy (non-hydrogen) atoms. The van der Waals surface area contributed by atoms with Crippen molar-refractivity contribution in [3.8, 4) is 0 Å². The van der Waals surface area contributed by atoms with Crippen molar-refractivity contribution in [1.29, 1.82) is 0 Å². The van der Waals surface area contributed by atoms with E-state index in [0.29, 0.717) is 44.9 Å². The summed E-state index contributed by atoms with van der Waals surface area (Å²) in [6.45, 7) is 0.278. The zero-order valence-corrected chi connectivity index (χ0v) is 36.6. The second kappa shape index (κ2) is 22.4. The van der Waals surface area contributed by atoms with E-state index in [0.717, 1.165) is 0 Å². The highest BCUT2D eigenvalue weighted by molar-refractivity contribution is 5.82. The molecule has 4 saturated heterocycles. The van der Waals surface area contributed by atoms with Crippen LogP contribution >= 0.6 is 0 Å². The number of carbonyl (C=O) groups excluding carboxylic acids is 1. The lowest BCUT2D eigenvalue weighted by Crippen LogP contribution is -2.64. The summed E-state index contributed by atoms with van der Waals surface area (Å²) >= 11 is 0. The predicted octanol–water partition coefficient (Wildman–Crippen LogP) is -4.03. The van der Waals surface area contributed by atoms with Crippen molar-refractivity contribution < 1.29 is 109 Å². The van der Waals surface area contributed by atoms with Crippen LogP contribution in [0, 0.1) is 17.8 Å². The molecule has 4 aliphatic heterocycles. The number of aliphatic hydroxyl groups is 12. The van der Waals surface area contributed by atoms with Crippen molar-refractivity contribution in [3.05, 3.63) is 12.2 Å². The van der Waals surface area contributed by atoms with E-state index in [4.69, 9.17) is 42.6 Å². The van der Waals surface area contributed by atoms with Crippen LogP contribution in [0.4, 0.5) is 0 Å². The van der Waals surface area contributed by atoms with E-state index < -0.39 is 160 Å². The summed E-state index contributed by atoms with van der Waals surface area (Å²) in [7, 11) is 1.48. The topological polar surface area (TPSA) is 343 Å². The highest BCUT2D eigenvalue weighted by Crippen LogP contribution is 2.45. The van der Waals surface area contributed by atoms with Gasteiger partial charge in [0, 0.05) is 25.5 Å². The molecule has 3 saturated carbocycles. The molecule has 0 bridgehead atoms. The standard InChI is InChI=1S/C43H70O22/c1-17-39(65-30(48)10-5-18-3-7-20(45)8-4-18)35(53)38(56)41(59-17)58-16-29-32(50)34(52)37(55)43(64-29)62-27-14-22-24(60-40(27)19-6-9-23(47)26(11-19)57-2)12-21(46)13-25(22)61-42-36(54)33(51)31(49)28(15-44)63-42/h5,10,17-29,31-47,49-56H,3-4,6-9,11-16H2,1-2H3. The molecule has 12 N–H and O–H groups in total. The summed E-state index contributed by atoms with van der Waals surface area (Å²) < 4.78 is 53.7. The van der Waals surface area contributed by atoms with Crippen LogP contribution in [0.2, 0.25) is 0 Å². The number of aliphatic hydroxyl groups excluding tert-OH is 12. The number of rotatable bonds is 13. The van der Waals surface area contributed by atoms with Crippen LogP contribution in [0.1, 0.15) is 71.1 Å². The number of hydrogen-bond donors (Lipinski definition) is 12. The maximum absolute atomic E-state index is 12.7. The summed E-state index contributed by atoms with van der Waals surface area (Å²) in [5.41, 5.74) is 0. The average molecular weight is 939 g/mol. The minimum Gasteiger partial charge on any atom is -0.454 e. The van der Waals surface area contributed by atoms with Gasteiger partial charge in [-0.15, -0.1) is 0 Å². The van der Waals surface area contributed by atoms with Gasteiger partial charge in [0.05, 0.1) is 68.1 Å². The van der Waals surface area contributed by atoms with Crippen LogP contribution in [-0.2, 0) is 47.4 Å². The highest BCUT2D eigenvalue weighted by atomic mass is 16.7. The van der Waals surface area contributed by atoms with Crippen molar-refractivity contribution in [3.63, 3.8) is 0 Å².